The van der Waals surface area contributed by atoms with Crippen molar-refractivity contribution in [2.24, 2.45) is 0 Å². The fourth-order valence-corrected chi connectivity index (χ4v) is 1.48. The van der Waals surface area contributed by atoms with E-state index in [9.17, 15) is 5.11 Å². The Morgan fingerprint density at radius 3 is 1.73 bits per heavy atom. The van der Waals surface area contributed by atoms with Crippen LogP contribution in [0.25, 0.3) is 0 Å². The molecule has 0 amide bonds. The van der Waals surface area contributed by atoms with Gasteiger partial charge in [0, 0.05) is 0 Å². The first kappa shape index (κ1) is 14.5. The average Bonchev–Trinajstić information content (AvgIpc) is 1.92. The molecule has 1 aliphatic carbocycles. The average molecular weight is 187 g/mol. The van der Waals surface area contributed by atoms with Crippen molar-refractivity contribution in [1.82, 2.24) is 0 Å². The molecule has 3 heteroatoms. The van der Waals surface area contributed by atoms with Gasteiger partial charge in [0.1, 0.15) is 0 Å². The summed E-state index contributed by atoms with van der Waals surface area (Å²) in [6.45, 7) is 1.85. The monoisotopic (exact) mass is 186 g/mol. The number of hydrogen-bond donors (Lipinski definition) is 0. The summed E-state index contributed by atoms with van der Waals surface area (Å²) in [4.78, 5) is 0. The van der Waals surface area contributed by atoms with Gasteiger partial charge >= 0.3 is 23.1 Å². The van der Waals surface area contributed by atoms with Crippen molar-refractivity contribution in [1.29, 1.82) is 0 Å². The fourth-order valence-electron chi connectivity index (χ4n) is 1.48. The molecule has 0 spiro atoms. The second-order valence-electron chi connectivity index (χ2n) is 3.36. The van der Waals surface area contributed by atoms with Gasteiger partial charge in [-0.25, -0.2) is 0 Å². The third-order valence-electron chi connectivity index (χ3n) is 2.16. The van der Waals surface area contributed by atoms with Gasteiger partial charge in [0.2, 0.25) is 0 Å². The molecule has 0 unspecified atom stereocenters. The van der Waals surface area contributed by atoms with E-state index in [1.165, 1.54) is 12.8 Å². The molecular formula is C8H15ClMgO. The molecule has 0 N–H and O–H groups in total. The minimum atomic E-state index is -0.587. The Balaban J connectivity index is 0. The van der Waals surface area contributed by atoms with Crippen LogP contribution in [0.3, 0.4) is 0 Å². The Bertz CT molecular complexity index is 86.1. The summed E-state index contributed by atoms with van der Waals surface area (Å²) in [6.07, 6.45) is 6.65. The molecule has 62 valence electrons. The predicted octanol–water partition coefficient (Wildman–Crippen LogP) is -1.92. The van der Waals surface area contributed by atoms with E-state index >= 15 is 0 Å². The van der Waals surface area contributed by atoms with Crippen LogP contribution in [0.5, 0.6) is 0 Å². The predicted molar refractivity (Wildman–Crippen MR) is 41.9 cm³/mol. The first-order valence-electron chi connectivity index (χ1n) is 3.91. The van der Waals surface area contributed by atoms with Gasteiger partial charge in [-0.05, 0) is 0 Å². The van der Waals surface area contributed by atoms with Gasteiger partial charge in [0.25, 0.3) is 0 Å². The van der Waals surface area contributed by atoms with Crippen molar-refractivity contribution >= 4 is 23.1 Å². The van der Waals surface area contributed by atoms with Crippen molar-refractivity contribution in [2.45, 2.75) is 51.0 Å². The molecule has 0 atom stereocenters. The quantitative estimate of drug-likeness (QED) is 0.320. The number of hydrogen-bond acceptors (Lipinski definition) is 1. The molecule has 1 saturated carbocycles. The van der Waals surface area contributed by atoms with Gasteiger partial charge in [-0.3, -0.25) is 0 Å². The summed E-state index contributed by atoms with van der Waals surface area (Å²) in [7, 11) is 0. The fraction of sp³-hybridized carbons (Fsp3) is 1.00. The summed E-state index contributed by atoms with van der Waals surface area (Å²) in [5.41, 5.74) is -0.587. The van der Waals surface area contributed by atoms with E-state index in [0.717, 1.165) is 25.7 Å². The van der Waals surface area contributed by atoms with E-state index in [0.29, 0.717) is 0 Å². The summed E-state index contributed by atoms with van der Waals surface area (Å²) in [6, 6.07) is 0. The number of halogens is 1. The molecule has 1 nitrogen and oxygen atoms in total. The van der Waals surface area contributed by atoms with E-state index in [-0.39, 0.29) is 35.5 Å². The summed E-state index contributed by atoms with van der Waals surface area (Å²) < 4.78 is 0. The molecule has 11 heavy (non-hydrogen) atoms. The SMILES string of the molecule is CC1([O-])CCCCCC1.[Cl-].[Mg+2]. The molecule has 0 aliphatic heterocycles. The van der Waals surface area contributed by atoms with E-state index < -0.39 is 5.60 Å². The normalized spacial score (nSPS) is 22.4. The minimum Gasteiger partial charge on any atom is -1.00 e. The Morgan fingerprint density at radius 1 is 1.00 bits per heavy atom. The largest absolute Gasteiger partial charge is 2.00 e. The Morgan fingerprint density at radius 2 is 1.36 bits per heavy atom. The smallest absolute Gasteiger partial charge is 1.00 e. The van der Waals surface area contributed by atoms with Gasteiger partial charge in [-0.1, -0.05) is 45.4 Å². The van der Waals surface area contributed by atoms with Crippen LogP contribution in [0.2, 0.25) is 0 Å². The van der Waals surface area contributed by atoms with Crippen LogP contribution in [-0.4, -0.2) is 28.7 Å². The van der Waals surface area contributed by atoms with Crippen LogP contribution in [0.4, 0.5) is 0 Å². The molecule has 0 aromatic heterocycles. The molecule has 0 radical (unpaired) electrons. The Labute approximate surface area is 91.5 Å². The van der Waals surface area contributed by atoms with E-state index in [2.05, 4.69) is 0 Å². The molecule has 0 aromatic carbocycles. The Hall–Kier alpha value is 1.02. The zero-order valence-corrected chi connectivity index (χ0v) is 9.41. The summed E-state index contributed by atoms with van der Waals surface area (Å²) in [5.74, 6) is 0. The zero-order valence-electron chi connectivity index (χ0n) is 7.24. The minimum absolute atomic E-state index is 0. The van der Waals surface area contributed by atoms with Crippen molar-refractivity contribution in [3.05, 3.63) is 0 Å². The standard InChI is InChI=1S/C8H15O.ClH.Mg/c1-8(9)6-4-2-3-5-7-8;;/h2-7H2,1H3;1H;/q-1;;+2/p-1. The second-order valence-corrected chi connectivity index (χ2v) is 3.36. The van der Waals surface area contributed by atoms with Gasteiger partial charge < -0.3 is 17.5 Å². The topological polar surface area (TPSA) is 23.1 Å². The van der Waals surface area contributed by atoms with Crippen molar-refractivity contribution in [3.8, 4) is 0 Å². The second kappa shape index (κ2) is 6.52. The van der Waals surface area contributed by atoms with Gasteiger partial charge in [-0.15, -0.1) is 5.60 Å². The zero-order chi connectivity index (χ0) is 6.74. The van der Waals surface area contributed by atoms with Crippen LogP contribution in [0.1, 0.15) is 45.4 Å². The van der Waals surface area contributed by atoms with Crippen LogP contribution in [0.15, 0.2) is 0 Å². The molecule has 1 fully saturated rings. The van der Waals surface area contributed by atoms with E-state index in [1.54, 1.807) is 0 Å². The van der Waals surface area contributed by atoms with Crippen molar-refractivity contribution in [2.75, 3.05) is 0 Å². The molecule has 0 aromatic rings. The van der Waals surface area contributed by atoms with Crippen molar-refractivity contribution < 1.29 is 17.5 Å². The first-order valence-corrected chi connectivity index (χ1v) is 3.91. The first-order chi connectivity index (χ1) is 4.21. The third kappa shape index (κ3) is 6.20. The maximum absolute atomic E-state index is 11.3. The van der Waals surface area contributed by atoms with E-state index in [4.69, 9.17) is 0 Å². The molecule has 0 saturated heterocycles. The number of rotatable bonds is 0. The molecule has 1 rings (SSSR count). The molecule has 0 bridgehead atoms. The molecular weight excluding hydrogens is 172 g/mol. The van der Waals surface area contributed by atoms with Crippen molar-refractivity contribution in [3.63, 3.8) is 0 Å². The van der Waals surface area contributed by atoms with Crippen LogP contribution >= 0.6 is 0 Å². The molecule has 0 heterocycles. The van der Waals surface area contributed by atoms with Crippen LogP contribution < -0.4 is 17.5 Å². The van der Waals surface area contributed by atoms with Crippen LogP contribution in [-0.2, 0) is 0 Å². The summed E-state index contributed by atoms with van der Waals surface area (Å²) in [5, 5.41) is 11.3. The van der Waals surface area contributed by atoms with E-state index in [1.807, 2.05) is 6.92 Å². The summed E-state index contributed by atoms with van der Waals surface area (Å²) >= 11 is 0. The van der Waals surface area contributed by atoms with Crippen LogP contribution in [0, 0.1) is 0 Å². The molecule has 1 aliphatic rings. The van der Waals surface area contributed by atoms with Gasteiger partial charge in [0.15, 0.2) is 0 Å². The maximum atomic E-state index is 11.3. The van der Waals surface area contributed by atoms with Gasteiger partial charge in [0.05, 0.1) is 0 Å². The Kier molecular flexibility index (Phi) is 8.62. The maximum Gasteiger partial charge on any atom is 2.00 e. The third-order valence-corrected chi connectivity index (χ3v) is 2.16. The van der Waals surface area contributed by atoms with Gasteiger partial charge in [-0.2, -0.15) is 0 Å².